The first-order valence-corrected chi connectivity index (χ1v) is 7.71. The van der Waals surface area contributed by atoms with Crippen molar-refractivity contribution in [3.63, 3.8) is 0 Å². The third-order valence-electron chi connectivity index (χ3n) is 2.31. The summed E-state index contributed by atoms with van der Waals surface area (Å²) in [7, 11) is -3.33. The molecule has 0 unspecified atom stereocenters. The minimum Gasteiger partial charge on any atom is -0.207 e. The number of benzene rings is 1. The van der Waals surface area contributed by atoms with Crippen LogP contribution in [0.4, 0.5) is 0 Å². The zero-order chi connectivity index (χ0) is 12.2. The molecule has 90 valence electrons. The van der Waals surface area contributed by atoms with Crippen LogP contribution in [0.1, 0.15) is 12.5 Å². The summed E-state index contributed by atoms with van der Waals surface area (Å²) in [4.78, 5) is 0.371. The van der Waals surface area contributed by atoms with E-state index in [-0.39, 0.29) is 0 Å². The molecule has 0 atom stereocenters. The summed E-state index contributed by atoms with van der Waals surface area (Å²) in [6.45, 7) is 4.71. The number of alkyl halides is 1. The molecule has 0 N–H and O–H groups in total. The molecule has 0 aliphatic heterocycles. The van der Waals surface area contributed by atoms with Crippen LogP contribution in [0.5, 0.6) is 0 Å². The third-order valence-corrected chi connectivity index (χ3v) is 4.64. The topological polar surface area (TPSA) is 37.4 Å². The Labute approximate surface area is 106 Å². The van der Waals surface area contributed by atoms with E-state index in [4.69, 9.17) is 0 Å². The minimum absolute atomic E-state index is 0.371. The maximum Gasteiger partial charge on any atom is 0.243 e. The summed E-state index contributed by atoms with van der Waals surface area (Å²) in [6.07, 6.45) is 0. The predicted octanol–water partition coefficient (Wildman–Crippen LogP) is 2.40. The van der Waals surface area contributed by atoms with E-state index >= 15 is 0 Å². The van der Waals surface area contributed by atoms with Gasteiger partial charge in [-0.05, 0) is 24.6 Å². The first kappa shape index (κ1) is 13.7. The fourth-order valence-electron chi connectivity index (χ4n) is 1.47. The normalized spacial score (nSPS) is 12.0. The highest BCUT2D eigenvalue weighted by atomic mass is 79.9. The van der Waals surface area contributed by atoms with Gasteiger partial charge in [-0.15, -0.1) is 0 Å². The lowest BCUT2D eigenvalue weighted by molar-refractivity contribution is 0.448. The molecule has 1 aromatic carbocycles. The van der Waals surface area contributed by atoms with Gasteiger partial charge in [0.2, 0.25) is 10.0 Å². The summed E-state index contributed by atoms with van der Waals surface area (Å²) < 4.78 is 25.9. The Balaban J connectivity index is 3.09. The van der Waals surface area contributed by atoms with Crippen molar-refractivity contribution in [2.75, 3.05) is 18.4 Å². The number of aryl methyl sites for hydroxylation is 1. The quantitative estimate of drug-likeness (QED) is 0.783. The maximum atomic E-state index is 12.2. The van der Waals surface area contributed by atoms with Crippen LogP contribution in [0.3, 0.4) is 0 Å². The van der Waals surface area contributed by atoms with E-state index < -0.39 is 10.0 Å². The van der Waals surface area contributed by atoms with Crippen molar-refractivity contribution in [3.05, 3.63) is 29.8 Å². The standard InChI is InChI=1S/C11H16BrNO2S/c1-3-13(8-7-12)16(14,15)11-6-4-5-10(2)9-11/h4-6,9H,3,7-8H2,1-2H3. The molecular weight excluding hydrogens is 290 g/mol. The molecule has 0 fully saturated rings. The van der Waals surface area contributed by atoms with Crippen molar-refractivity contribution in [1.29, 1.82) is 0 Å². The largest absolute Gasteiger partial charge is 0.243 e. The summed E-state index contributed by atoms with van der Waals surface area (Å²) in [6, 6.07) is 7.00. The van der Waals surface area contributed by atoms with E-state index in [1.54, 1.807) is 18.2 Å². The Morgan fingerprint density at radius 2 is 2.06 bits per heavy atom. The fraction of sp³-hybridized carbons (Fsp3) is 0.455. The molecule has 0 radical (unpaired) electrons. The van der Waals surface area contributed by atoms with Gasteiger partial charge in [0.15, 0.2) is 0 Å². The highest BCUT2D eigenvalue weighted by Crippen LogP contribution is 2.16. The number of hydrogen-bond donors (Lipinski definition) is 0. The maximum absolute atomic E-state index is 12.2. The Kier molecular flexibility index (Phi) is 4.95. The Hall–Kier alpha value is -0.390. The van der Waals surface area contributed by atoms with Gasteiger partial charge in [-0.3, -0.25) is 0 Å². The molecule has 0 aromatic heterocycles. The van der Waals surface area contributed by atoms with E-state index in [0.29, 0.717) is 23.3 Å². The van der Waals surface area contributed by atoms with Gasteiger partial charge in [-0.25, -0.2) is 8.42 Å². The number of nitrogens with zero attached hydrogens (tertiary/aromatic N) is 1. The molecule has 0 bridgehead atoms. The number of sulfonamides is 1. The summed E-state index contributed by atoms with van der Waals surface area (Å²) in [5.74, 6) is 0. The monoisotopic (exact) mass is 305 g/mol. The van der Waals surface area contributed by atoms with Crippen LogP contribution in [0, 0.1) is 6.92 Å². The SMILES string of the molecule is CCN(CCBr)S(=O)(=O)c1cccc(C)c1. The first-order chi connectivity index (χ1) is 7.52. The Morgan fingerprint density at radius 1 is 1.38 bits per heavy atom. The number of rotatable bonds is 5. The van der Waals surface area contributed by atoms with E-state index in [1.807, 2.05) is 19.9 Å². The highest BCUT2D eigenvalue weighted by Gasteiger charge is 2.21. The number of halogens is 1. The van der Waals surface area contributed by atoms with E-state index in [1.165, 1.54) is 4.31 Å². The van der Waals surface area contributed by atoms with Gasteiger partial charge >= 0.3 is 0 Å². The average molecular weight is 306 g/mol. The van der Waals surface area contributed by atoms with Gasteiger partial charge in [0.1, 0.15) is 0 Å². The van der Waals surface area contributed by atoms with Crippen LogP contribution >= 0.6 is 15.9 Å². The molecular formula is C11H16BrNO2S. The third kappa shape index (κ3) is 3.06. The second kappa shape index (κ2) is 5.80. The van der Waals surface area contributed by atoms with Gasteiger partial charge in [0.05, 0.1) is 4.90 Å². The van der Waals surface area contributed by atoms with Crippen LogP contribution in [0.2, 0.25) is 0 Å². The van der Waals surface area contributed by atoms with Gasteiger partial charge < -0.3 is 0 Å². The van der Waals surface area contributed by atoms with Crippen molar-refractivity contribution >= 4 is 26.0 Å². The second-order valence-electron chi connectivity index (χ2n) is 3.50. The molecule has 16 heavy (non-hydrogen) atoms. The highest BCUT2D eigenvalue weighted by molar-refractivity contribution is 9.09. The van der Waals surface area contributed by atoms with Crippen LogP contribution in [0.15, 0.2) is 29.2 Å². The Bertz CT molecular complexity index is 445. The smallest absolute Gasteiger partial charge is 0.207 e. The minimum atomic E-state index is -3.33. The van der Waals surface area contributed by atoms with Crippen LogP contribution in [0.25, 0.3) is 0 Å². The molecule has 0 heterocycles. The molecule has 0 aliphatic carbocycles. The van der Waals surface area contributed by atoms with Gasteiger partial charge in [-0.2, -0.15) is 4.31 Å². The van der Waals surface area contributed by atoms with Crippen molar-refractivity contribution in [2.24, 2.45) is 0 Å². The van der Waals surface area contributed by atoms with Crippen molar-refractivity contribution < 1.29 is 8.42 Å². The van der Waals surface area contributed by atoms with Crippen molar-refractivity contribution in [1.82, 2.24) is 4.31 Å². The van der Waals surface area contributed by atoms with Gasteiger partial charge in [0.25, 0.3) is 0 Å². The molecule has 0 spiro atoms. The lowest BCUT2D eigenvalue weighted by Crippen LogP contribution is -2.32. The van der Waals surface area contributed by atoms with Crippen molar-refractivity contribution in [2.45, 2.75) is 18.7 Å². The van der Waals surface area contributed by atoms with E-state index in [0.717, 1.165) is 5.56 Å². The number of hydrogen-bond acceptors (Lipinski definition) is 2. The molecule has 0 saturated carbocycles. The van der Waals surface area contributed by atoms with E-state index in [2.05, 4.69) is 15.9 Å². The van der Waals surface area contributed by atoms with Crippen LogP contribution < -0.4 is 0 Å². The zero-order valence-corrected chi connectivity index (χ0v) is 11.9. The predicted molar refractivity (Wildman–Crippen MR) is 69.4 cm³/mol. The van der Waals surface area contributed by atoms with Crippen LogP contribution in [-0.2, 0) is 10.0 Å². The van der Waals surface area contributed by atoms with E-state index in [9.17, 15) is 8.42 Å². The first-order valence-electron chi connectivity index (χ1n) is 5.15. The summed E-state index contributed by atoms with van der Waals surface area (Å²) in [5, 5.41) is 0.645. The fourth-order valence-corrected chi connectivity index (χ4v) is 3.69. The molecule has 0 amide bonds. The van der Waals surface area contributed by atoms with Crippen molar-refractivity contribution in [3.8, 4) is 0 Å². The summed E-state index contributed by atoms with van der Waals surface area (Å²) >= 11 is 3.26. The lowest BCUT2D eigenvalue weighted by atomic mass is 10.2. The molecule has 1 rings (SSSR count). The molecule has 5 heteroatoms. The second-order valence-corrected chi connectivity index (χ2v) is 6.23. The van der Waals surface area contributed by atoms with Gasteiger partial charge in [0, 0.05) is 18.4 Å². The lowest BCUT2D eigenvalue weighted by Gasteiger charge is -2.19. The van der Waals surface area contributed by atoms with Crippen LogP contribution in [-0.4, -0.2) is 31.1 Å². The summed E-state index contributed by atoms with van der Waals surface area (Å²) in [5.41, 5.74) is 0.955. The average Bonchev–Trinajstić information content (AvgIpc) is 2.25. The molecule has 3 nitrogen and oxygen atoms in total. The molecule has 0 aliphatic rings. The molecule has 0 saturated heterocycles. The molecule has 1 aromatic rings. The zero-order valence-electron chi connectivity index (χ0n) is 9.48. The van der Waals surface area contributed by atoms with Gasteiger partial charge in [-0.1, -0.05) is 35.0 Å². The Morgan fingerprint density at radius 3 is 2.56 bits per heavy atom.